The Morgan fingerprint density at radius 3 is 2.56 bits per heavy atom. The van der Waals surface area contributed by atoms with Crippen LogP contribution in [0.25, 0.3) is 0 Å². The molecule has 3 N–H and O–H groups in total. The van der Waals surface area contributed by atoms with Gasteiger partial charge in [-0.05, 0) is 49.7 Å². The molecule has 0 fully saturated rings. The standard InChI is InChI=1S/C18H19FN2O4/c1-10-4-7-16(24-3)15(8-10)21-17(22)11(2)25-18(23)13-6-5-12(19)9-14(13)20/h4-9,11H,20H2,1-3H3,(H,21,22)/t11-/m0/s1. The number of ether oxygens (including phenoxy) is 2. The average Bonchev–Trinajstić information content (AvgIpc) is 2.54. The molecular formula is C18H19FN2O4. The minimum atomic E-state index is -1.08. The van der Waals surface area contributed by atoms with Crippen molar-refractivity contribution in [1.82, 2.24) is 0 Å². The summed E-state index contributed by atoms with van der Waals surface area (Å²) in [6.45, 7) is 3.30. The molecule has 0 saturated heterocycles. The lowest BCUT2D eigenvalue weighted by Crippen LogP contribution is -2.30. The van der Waals surface area contributed by atoms with Crippen LogP contribution in [-0.2, 0) is 9.53 Å². The number of aryl methyl sites for hydroxylation is 1. The van der Waals surface area contributed by atoms with Crippen LogP contribution in [0.5, 0.6) is 5.75 Å². The summed E-state index contributed by atoms with van der Waals surface area (Å²) in [5.74, 6) is -1.42. The number of hydrogen-bond acceptors (Lipinski definition) is 5. The van der Waals surface area contributed by atoms with Gasteiger partial charge in [0, 0.05) is 5.69 Å². The van der Waals surface area contributed by atoms with Gasteiger partial charge in [-0.1, -0.05) is 6.07 Å². The SMILES string of the molecule is COc1ccc(C)cc1NC(=O)[C@H](C)OC(=O)c1ccc(F)cc1N. The van der Waals surface area contributed by atoms with E-state index in [1.165, 1.54) is 20.1 Å². The van der Waals surface area contributed by atoms with Gasteiger partial charge in [-0.15, -0.1) is 0 Å². The molecule has 2 rings (SSSR count). The number of anilines is 2. The van der Waals surface area contributed by atoms with Crippen LogP contribution in [-0.4, -0.2) is 25.1 Å². The Labute approximate surface area is 144 Å². The lowest BCUT2D eigenvalue weighted by atomic mass is 10.2. The molecule has 132 valence electrons. The highest BCUT2D eigenvalue weighted by molar-refractivity contribution is 6.00. The Hall–Kier alpha value is -3.09. The second-order valence-electron chi connectivity index (χ2n) is 5.47. The minimum absolute atomic E-state index is 0.00538. The Bertz CT molecular complexity index is 808. The molecule has 0 spiro atoms. The molecule has 0 aromatic heterocycles. The molecule has 0 unspecified atom stereocenters. The zero-order chi connectivity index (χ0) is 18.6. The second kappa shape index (κ2) is 7.65. The number of hydrogen-bond donors (Lipinski definition) is 2. The third-order valence-corrected chi connectivity index (χ3v) is 3.50. The van der Waals surface area contributed by atoms with Crippen LogP contribution in [0.3, 0.4) is 0 Å². The summed E-state index contributed by atoms with van der Waals surface area (Å²) in [5, 5.41) is 2.65. The van der Waals surface area contributed by atoms with Crippen molar-refractivity contribution in [1.29, 1.82) is 0 Å². The van der Waals surface area contributed by atoms with Crippen molar-refractivity contribution in [2.24, 2.45) is 0 Å². The first kappa shape index (κ1) is 18.3. The van der Waals surface area contributed by atoms with Crippen molar-refractivity contribution < 1.29 is 23.5 Å². The van der Waals surface area contributed by atoms with Gasteiger partial charge >= 0.3 is 5.97 Å². The molecule has 0 aliphatic heterocycles. The predicted molar refractivity (Wildman–Crippen MR) is 92.1 cm³/mol. The molecule has 0 bridgehead atoms. The molecule has 25 heavy (non-hydrogen) atoms. The van der Waals surface area contributed by atoms with Crippen LogP contribution in [0, 0.1) is 12.7 Å². The first-order valence-electron chi connectivity index (χ1n) is 7.53. The second-order valence-corrected chi connectivity index (χ2v) is 5.47. The summed E-state index contributed by atoms with van der Waals surface area (Å²) < 4.78 is 23.3. The lowest BCUT2D eigenvalue weighted by Gasteiger charge is -2.16. The molecule has 2 aromatic carbocycles. The molecule has 0 radical (unpaired) electrons. The normalized spacial score (nSPS) is 11.5. The van der Waals surface area contributed by atoms with Gasteiger partial charge in [0.05, 0.1) is 18.4 Å². The molecule has 0 saturated carbocycles. The smallest absolute Gasteiger partial charge is 0.341 e. The van der Waals surface area contributed by atoms with E-state index in [9.17, 15) is 14.0 Å². The summed E-state index contributed by atoms with van der Waals surface area (Å²) in [5.41, 5.74) is 6.93. The van der Waals surface area contributed by atoms with Gasteiger partial charge < -0.3 is 20.5 Å². The number of nitrogens with two attached hydrogens (primary N) is 1. The molecule has 0 aliphatic carbocycles. The van der Waals surface area contributed by atoms with Crippen LogP contribution >= 0.6 is 0 Å². The van der Waals surface area contributed by atoms with E-state index in [1.54, 1.807) is 12.1 Å². The third-order valence-electron chi connectivity index (χ3n) is 3.50. The van der Waals surface area contributed by atoms with E-state index in [0.29, 0.717) is 11.4 Å². The van der Waals surface area contributed by atoms with Crippen molar-refractivity contribution in [3.63, 3.8) is 0 Å². The highest BCUT2D eigenvalue weighted by Gasteiger charge is 2.21. The molecule has 7 heteroatoms. The van der Waals surface area contributed by atoms with Crippen LogP contribution in [0.2, 0.25) is 0 Å². The highest BCUT2D eigenvalue weighted by atomic mass is 19.1. The Kier molecular flexibility index (Phi) is 5.59. The van der Waals surface area contributed by atoms with Gasteiger partial charge in [0.25, 0.3) is 5.91 Å². The molecule has 0 aliphatic rings. The van der Waals surface area contributed by atoms with E-state index >= 15 is 0 Å². The van der Waals surface area contributed by atoms with Crippen LogP contribution in [0.4, 0.5) is 15.8 Å². The molecule has 1 amide bonds. The largest absolute Gasteiger partial charge is 0.495 e. The topological polar surface area (TPSA) is 90.6 Å². The summed E-state index contributed by atoms with van der Waals surface area (Å²) in [4.78, 5) is 24.4. The number of carbonyl (C=O) groups is 2. The van der Waals surface area contributed by atoms with Crippen molar-refractivity contribution in [3.05, 3.63) is 53.3 Å². The summed E-state index contributed by atoms with van der Waals surface area (Å²) >= 11 is 0. The number of nitrogens with one attached hydrogen (secondary N) is 1. The number of carbonyl (C=O) groups excluding carboxylic acids is 2. The summed E-state index contributed by atoms with van der Waals surface area (Å²) in [6, 6.07) is 8.62. The van der Waals surface area contributed by atoms with E-state index < -0.39 is 23.8 Å². The lowest BCUT2D eigenvalue weighted by molar-refractivity contribution is -0.123. The van der Waals surface area contributed by atoms with Crippen molar-refractivity contribution in [2.75, 3.05) is 18.2 Å². The van der Waals surface area contributed by atoms with Gasteiger partial charge in [0.2, 0.25) is 0 Å². The van der Waals surface area contributed by atoms with Crippen molar-refractivity contribution in [2.45, 2.75) is 20.0 Å². The Morgan fingerprint density at radius 1 is 1.20 bits per heavy atom. The first-order valence-corrected chi connectivity index (χ1v) is 7.53. The molecule has 0 heterocycles. The van der Waals surface area contributed by atoms with Crippen molar-refractivity contribution in [3.8, 4) is 5.75 Å². The quantitative estimate of drug-likeness (QED) is 0.642. The maximum Gasteiger partial charge on any atom is 0.341 e. The van der Waals surface area contributed by atoms with Gasteiger partial charge in [0.1, 0.15) is 11.6 Å². The number of amides is 1. The number of benzene rings is 2. The average molecular weight is 346 g/mol. The van der Waals surface area contributed by atoms with E-state index in [1.807, 2.05) is 13.0 Å². The maximum atomic E-state index is 13.0. The van der Waals surface area contributed by atoms with E-state index in [4.69, 9.17) is 15.2 Å². The number of esters is 1. The van der Waals surface area contributed by atoms with Crippen molar-refractivity contribution >= 4 is 23.3 Å². The molecule has 2 aromatic rings. The van der Waals surface area contributed by atoms with Crippen LogP contribution in [0.15, 0.2) is 36.4 Å². The van der Waals surface area contributed by atoms with E-state index in [2.05, 4.69) is 5.32 Å². The first-order chi connectivity index (χ1) is 11.8. The number of methoxy groups -OCH3 is 1. The van der Waals surface area contributed by atoms with Gasteiger partial charge in [-0.2, -0.15) is 0 Å². The fourth-order valence-corrected chi connectivity index (χ4v) is 2.15. The van der Waals surface area contributed by atoms with Gasteiger partial charge in [-0.25, -0.2) is 9.18 Å². The highest BCUT2D eigenvalue weighted by Crippen LogP contribution is 2.25. The molecule has 6 nitrogen and oxygen atoms in total. The van der Waals surface area contributed by atoms with Crippen LogP contribution in [0.1, 0.15) is 22.8 Å². The number of halogens is 1. The minimum Gasteiger partial charge on any atom is -0.495 e. The zero-order valence-corrected chi connectivity index (χ0v) is 14.1. The number of nitrogen functional groups attached to an aromatic ring is 1. The van der Waals surface area contributed by atoms with E-state index in [0.717, 1.165) is 17.7 Å². The molecule has 1 atom stereocenters. The predicted octanol–water partition coefficient (Wildman–Crippen LogP) is 2.91. The summed E-state index contributed by atoms with van der Waals surface area (Å²) in [6.07, 6.45) is -1.08. The maximum absolute atomic E-state index is 13.0. The zero-order valence-electron chi connectivity index (χ0n) is 14.1. The van der Waals surface area contributed by atoms with Gasteiger partial charge in [0.15, 0.2) is 6.10 Å². The van der Waals surface area contributed by atoms with Crippen LogP contribution < -0.4 is 15.8 Å². The van der Waals surface area contributed by atoms with Gasteiger partial charge in [-0.3, -0.25) is 4.79 Å². The van der Waals surface area contributed by atoms with E-state index in [-0.39, 0.29) is 11.3 Å². The third kappa shape index (κ3) is 4.47. The fraction of sp³-hybridized carbons (Fsp3) is 0.222. The molecular weight excluding hydrogens is 327 g/mol. The fourth-order valence-electron chi connectivity index (χ4n) is 2.15. The monoisotopic (exact) mass is 346 g/mol. The Morgan fingerprint density at radius 2 is 1.92 bits per heavy atom. The number of rotatable bonds is 5. The summed E-state index contributed by atoms with van der Waals surface area (Å²) in [7, 11) is 1.49. The Balaban J connectivity index is 2.07.